The van der Waals surface area contributed by atoms with Gasteiger partial charge in [0.25, 0.3) is 0 Å². The summed E-state index contributed by atoms with van der Waals surface area (Å²) >= 11 is 0. The summed E-state index contributed by atoms with van der Waals surface area (Å²) in [4.78, 5) is 10.9. The number of aryl methyl sites for hydroxylation is 1. The fraction of sp³-hybridized carbons (Fsp3) is 0.250. The second kappa shape index (κ2) is 5.20. The van der Waals surface area contributed by atoms with Crippen LogP contribution in [0.1, 0.15) is 22.3 Å². The number of rotatable bonds is 5. The Hall–Kier alpha value is -1.77. The summed E-state index contributed by atoms with van der Waals surface area (Å²) in [5, 5.41) is 12.0. The van der Waals surface area contributed by atoms with Gasteiger partial charge < -0.3 is 10.4 Å². The first-order valence-electron chi connectivity index (χ1n) is 4.84. The van der Waals surface area contributed by atoms with Crippen LogP contribution in [0.3, 0.4) is 0 Å². The van der Waals surface area contributed by atoms with E-state index in [1.165, 1.54) is 0 Å². The van der Waals surface area contributed by atoms with E-state index in [1.807, 2.05) is 13.0 Å². The summed E-state index contributed by atoms with van der Waals surface area (Å²) in [6.07, 6.45) is 2.61. The highest BCUT2D eigenvalue weighted by atomic mass is 16.4. The first-order valence-corrected chi connectivity index (χ1v) is 4.84. The summed E-state index contributed by atoms with van der Waals surface area (Å²) in [6.45, 7) is 6.25. The molecule has 2 N–H and O–H groups in total. The molecule has 0 aliphatic heterocycles. The van der Waals surface area contributed by atoms with Crippen LogP contribution in [0.5, 0.6) is 0 Å². The molecule has 0 aliphatic rings. The Morgan fingerprint density at radius 3 is 2.93 bits per heavy atom. The predicted molar refractivity (Wildman–Crippen MR) is 61.4 cm³/mol. The van der Waals surface area contributed by atoms with Gasteiger partial charge in [-0.1, -0.05) is 12.1 Å². The molecule has 80 valence electrons. The Bertz CT molecular complexity index is 372. The van der Waals surface area contributed by atoms with E-state index in [0.29, 0.717) is 17.8 Å². The third-order valence-corrected chi connectivity index (χ3v) is 2.07. The third-order valence-electron chi connectivity index (χ3n) is 2.07. The second-order valence-corrected chi connectivity index (χ2v) is 3.36. The van der Waals surface area contributed by atoms with E-state index < -0.39 is 5.97 Å². The van der Waals surface area contributed by atoms with Gasteiger partial charge in [0.1, 0.15) is 0 Å². The summed E-state index contributed by atoms with van der Waals surface area (Å²) in [6, 6.07) is 5.25. The molecule has 0 spiro atoms. The van der Waals surface area contributed by atoms with Gasteiger partial charge in [0.05, 0.1) is 5.56 Å². The van der Waals surface area contributed by atoms with Crippen LogP contribution in [0.4, 0.5) is 5.69 Å². The molecule has 15 heavy (non-hydrogen) atoms. The fourth-order valence-corrected chi connectivity index (χ4v) is 1.30. The van der Waals surface area contributed by atoms with Crippen LogP contribution in [0.15, 0.2) is 30.9 Å². The molecule has 0 amide bonds. The van der Waals surface area contributed by atoms with Crippen LogP contribution in [0, 0.1) is 6.92 Å². The lowest BCUT2D eigenvalue weighted by atomic mass is 10.1. The van der Waals surface area contributed by atoms with E-state index in [2.05, 4.69) is 11.9 Å². The zero-order valence-electron chi connectivity index (χ0n) is 8.79. The number of carboxylic acid groups (broad SMARTS) is 1. The van der Waals surface area contributed by atoms with Crippen LogP contribution in [-0.2, 0) is 0 Å². The van der Waals surface area contributed by atoms with Crippen molar-refractivity contribution in [1.29, 1.82) is 0 Å². The normalized spacial score (nSPS) is 9.67. The summed E-state index contributed by atoms with van der Waals surface area (Å²) in [7, 11) is 0. The molecule has 0 aromatic heterocycles. The highest BCUT2D eigenvalue weighted by Gasteiger charge is 2.08. The van der Waals surface area contributed by atoms with Crippen molar-refractivity contribution >= 4 is 11.7 Å². The second-order valence-electron chi connectivity index (χ2n) is 3.36. The lowest BCUT2D eigenvalue weighted by Crippen LogP contribution is -2.07. The van der Waals surface area contributed by atoms with Crippen LogP contribution < -0.4 is 5.32 Å². The van der Waals surface area contributed by atoms with Gasteiger partial charge in [-0.25, -0.2) is 4.79 Å². The molecule has 1 aromatic carbocycles. The Morgan fingerprint density at radius 2 is 2.33 bits per heavy atom. The Morgan fingerprint density at radius 1 is 1.60 bits per heavy atom. The maximum Gasteiger partial charge on any atom is 0.337 e. The Labute approximate surface area is 89.4 Å². The van der Waals surface area contributed by atoms with Gasteiger partial charge in [-0.15, -0.1) is 6.58 Å². The first-order chi connectivity index (χ1) is 7.15. The molecule has 0 saturated carbocycles. The van der Waals surface area contributed by atoms with Crippen molar-refractivity contribution in [2.24, 2.45) is 0 Å². The lowest BCUT2D eigenvalue weighted by molar-refractivity contribution is 0.0698. The van der Waals surface area contributed by atoms with Gasteiger partial charge in [0.15, 0.2) is 0 Å². The van der Waals surface area contributed by atoms with Gasteiger partial charge in [-0.3, -0.25) is 0 Å². The van der Waals surface area contributed by atoms with E-state index in [4.69, 9.17) is 5.11 Å². The molecular formula is C12H15NO2. The van der Waals surface area contributed by atoms with Crippen molar-refractivity contribution in [2.45, 2.75) is 13.3 Å². The quantitative estimate of drug-likeness (QED) is 0.574. The van der Waals surface area contributed by atoms with Crippen molar-refractivity contribution in [3.8, 4) is 0 Å². The molecule has 3 nitrogen and oxygen atoms in total. The van der Waals surface area contributed by atoms with E-state index in [1.54, 1.807) is 18.2 Å². The molecule has 0 radical (unpaired) electrons. The molecule has 0 saturated heterocycles. The molecule has 0 bridgehead atoms. The number of hydrogen-bond donors (Lipinski definition) is 2. The number of carbonyl (C=O) groups is 1. The first kappa shape index (κ1) is 11.3. The topological polar surface area (TPSA) is 49.3 Å². The van der Waals surface area contributed by atoms with Crippen LogP contribution in [0.25, 0.3) is 0 Å². The lowest BCUT2D eigenvalue weighted by Gasteiger charge is -2.09. The number of carboxylic acids is 1. The highest BCUT2D eigenvalue weighted by molar-refractivity contribution is 5.94. The van der Waals surface area contributed by atoms with Crippen LogP contribution >= 0.6 is 0 Å². The molecule has 0 unspecified atom stereocenters. The Kier molecular flexibility index (Phi) is 3.92. The number of benzene rings is 1. The van der Waals surface area contributed by atoms with E-state index in [-0.39, 0.29) is 0 Å². The van der Waals surface area contributed by atoms with Crippen molar-refractivity contribution in [2.75, 3.05) is 11.9 Å². The SMILES string of the molecule is C=CCCNc1cc(C)ccc1C(=O)O. The van der Waals surface area contributed by atoms with E-state index in [0.717, 1.165) is 12.0 Å². The minimum absolute atomic E-state index is 0.310. The highest BCUT2D eigenvalue weighted by Crippen LogP contribution is 2.17. The minimum atomic E-state index is -0.906. The zero-order chi connectivity index (χ0) is 11.3. The largest absolute Gasteiger partial charge is 0.478 e. The van der Waals surface area contributed by atoms with Gasteiger partial charge in [-0.2, -0.15) is 0 Å². The Balaban J connectivity index is 2.86. The van der Waals surface area contributed by atoms with Gasteiger partial charge in [-0.05, 0) is 31.0 Å². The third kappa shape index (κ3) is 3.13. The average molecular weight is 205 g/mol. The molecule has 0 aliphatic carbocycles. The minimum Gasteiger partial charge on any atom is -0.478 e. The number of anilines is 1. The molecule has 3 heteroatoms. The van der Waals surface area contributed by atoms with Crippen molar-refractivity contribution < 1.29 is 9.90 Å². The number of aromatic carboxylic acids is 1. The molecule has 1 rings (SSSR count). The molecule has 1 aromatic rings. The number of hydrogen-bond acceptors (Lipinski definition) is 2. The van der Waals surface area contributed by atoms with Gasteiger partial charge >= 0.3 is 5.97 Å². The van der Waals surface area contributed by atoms with Crippen molar-refractivity contribution in [1.82, 2.24) is 0 Å². The van der Waals surface area contributed by atoms with Crippen LogP contribution in [0.2, 0.25) is 0 Å². The standard InChI is InChI=1S/C12H15NO2/c1-3-4-7-13-11-8-9(2)5-6-10(11)12(14)15/h3,5-6,8,13H,1,4,7H2,2H3,(H,14,15). The molecule has 0 atom stereocenters. The fourth-order valence-electron chi connectivity index (χ4n) is 1.30. The average Bonchev–Trinajstić information content (AvgIpc) is 2.18. The molecule has 0 fully saturated rings. The predicted octanol–water partition coefficient (Wildman–Crippen LogP) is 2.68. The maximum absolute atomic E-state index is 10.9. The smallest absolute Gasteiger partial charge is 0.337 e. The van der Waals surface area contributed by atoms with E-state index in [9.17, 15) is 4.79 Å². The molecule has 0 heterocycles. The molecular weight excluding hydrogens is 190 g/mol. The summed E-state index contributed by atoms with van der Waals surface area (Å²) < 4.78 is 0. The monoisotopic (exact) mass is 205 g/mol. The van der Waals surface area contributed by atoms with Gasteiger partial charge in [0.2, 0.25) is 0 Å². The van der Waals surface area contributed by atoms with Gasteiger partial charge in [0, 0.05) is 12.2 Å². The zero-order valence-corrected chi connectivity index (χ0v) is 8.79. The summed E-state index contributed by atoms with van der Waals surface area (Å²) in [5.74, 6) is -0.906. The summed E-state index contributed by atoms with van der Waals surface area (Å²) in [5.41, 5.74) is 2.02. The van der Waals surface area contributed by atoms with Crippen LogP contribution in [-0.4, -0.2) is 17.6 Å². The van der Waals surface area contributed by atoms with Crippen molar-refractivity contribution in [3.63, 3.8) is 0 Å². The number of nitrogens with one attached hydrogen (secondary N) is 1. The van der Waals surface area contributed by atoms with E-state index >= 15 is 0 Å². The maximum atomic E-state index is 10.9. The van der Waals surface area contributed by atoms with Crippen molar-refractivity contribution in [3.05, 3.63) is 42.0 Å².